The lowest BCUT2D eigenvalue weighted by atomic mass is 10.2. The van der Waals surface area contributed by atoms with Gasteiger partial charge < -0.3 is 13.9 Å². The van der Waals surface area contributed by atoms with Crippen LogP contribution in [0.1, 0.15) is 18.4 Å². The first-order chi connectivity index (χ1) is 11.5. The number of aryl methyl sites for hydroxylation is 1. The predicted molar refractivity (Wildman–Crippen MR) is 85.7 cm³/mol. The fraction of sp³-hybridized carbons (Fsp3) is 0.333. The van der Waals surface area contributed by atoms with Crippen molar-refractivity contribution < 1.29 is 23.5 Å². The van der Waals surface area contributed by atoms with Crippen molar-refractivity contribution in [2.24, 2.45) is 0 Å². The Balaban J connectivity index is 1.86. The average molecular weight is 351 g/mol. The van der Waals surface area contributed by atoms with Gasteiger partial charge in [-0.1, -0.05) is 23.9 Å². The molecule has 0 saturated carbocycles. The minimum absolute atomic E-state index is 0.125. The minimum atomic E-state index is -0.815. The molecule has 0 radical (unpaired) electrons. The molecule has 2 aromatic rings. The number of benzene rings is 1. The molecule has 0 aliphatic rings. The molecule has 0 aliphatic carbocycles. The summed E-state index contributed by atoms with van der Waals surface area (Å²) >= 11 is 1.03. The highest BCUT2D eigenvalue weighted by atomic mass is 32.2. The van der Waals surface area contributed by atoms with Gasteiger partial charge in [0.25, 0.3) is 11.1 Å². The summed E-state index contributed by atoms with van der Waals surface area (Å²) in [4.78, 5) is 22.7. The molecule has 0 fully saturated rings. The molecule has 0 bridgehead atoms. The molecule has 1 aromatic carbocycles. The number of rotatable bonds is 6. The summed E-state index contributed by atoms with van der Waals surface area (Å²) in [5.74, 6) is 0.482. The molecule has 1 atom stereocenters. The summed E-state index contributed by atoms with van der Waals surface area (Å²) in [5, 5.41) is 9.38. The maximum Gasteiger partial charge on any atom is 0.413 e. The molecule has 1 N–H and O–H groups in total. The second-order valence-corrected chi connectivity index (χ2v) is 6.10. The number of hydrogen-bond acceptors (Lipinski definition) is 8. The Morgan fingerprint density at radius 2 is 2.17 bits per heavy atom. The van der Waals surface area contributed by atoms with Gasteiger partial charge in [-0.2, -0.15) is 0 Å². The van der Waals surface area contributed by atoms with Gasteiger partial charge in [0.15, 0.2) is 6.61 Å². The molecule has 2 amide bonds. The number of carbonyl (C=O) groups excluding carboxylic acids is 2. The van der Waals surface area contributed by atoms with Crippen LogP contribution in [0.25, 0.3) is 0 Å². The summed E-state index contributed by atoms with van der Waals surface area (Å²) in [6.45, 7) is 3.70. The Labute approximate surface area is 142 Å². The predicted octanol–water partition coefficient (Wildman–Crippen LogP) is 2.32. The fourth-order valence-corrected chi connectivity index (χ4v) is 2.35. The van der Waals surface area contributed by atoms with E-state index in [0.717, 1.165) is 17.3 Å². The van der Waals surface area contributed by atoms with E-state index in [1.54, 1.807) is 6.92 Å². The Bertz CT molecular complexity index is 719. The van der Waals surface area contributed by atoms with Crippen molar-refractivity contribution in [2.45, 2.75) is 30.9 Å². The Hall–Kier alpha value is -2.55. The van der Waals surface area contributed by atoms with E-state index in [2.05, 4.69) is 20.3 Å². The fourth-order valence-electron chi connectivity index (χ4n) is 1.65. The minimum Gasteiger partial charge on any atom is -0.484 e. The zero-order chi connectivity index (χ0) is 17.5. The van der Waals surface area contributed by atoms with Gasteiger partial charge in [-0.3, -0.25) is 10.1 Å². The highest BCUT2D eigenvalue weighted by molar-refractivity contribution is 8.00. The van der Waals surface area contributed by atoms with E-state index in [-0.39, 0.29) is 11.8 Å². The number of alkyl carbamates (subject to hydrolysis) is 1. The summed E-state index contributed by atoms with van der Waals surface area (Å²) in [7, 11) is 1.18. The molecule has 0 saturated heterocycles. The van der Waals surface area contributed by atoms with Crippen molar-refractivity contribution in [3.8, 4) is 5.75 Å². The summed E-state index contributed by atoms with van der Waals surface area (Å²) in [6, 6.07) is 7.58. The first-order valence-electron chi connectivity index (χ1n) is 7.05. The number of nitrogens with zero attached hydrogens (tertiary/aromatic N) is 2. The standard InChI is InChI=1S/C15H17N3O5S/c1-9-5-4-6-11(7-9)22-8-12-17-18-15(23-12)24-10(2)13(19)16-14(20)21-3/h4-7,10H,8H2,1-3H3,(H,16,19,20)/t10-/m1/s1. The second kappa shape index (κ2) is 8.34. The number of methoxy groups -OCH3 is 1. The van der Waals surface area contributed by atoms with Crippen LogP contribution in [0.5, 0.6) is 5.75 Å². The van der Waals surface area contributed by atoms with Crippen molar-refractivity contribution in [3.63, 3.8) is 0 Å². The lowest BCUT2D eigenvalue weighted by Gasteiger charge is -2.07. The SMILES string of the molecule is COC(=O)NC(=O)[C@@H](C)Sc1nnc(COc2cccc(C)c2)o1. The van der Waals surface area contributed by atoms with Crippen molar-refractivity contribution in [1.82, 2.24) is 15.5 Å². The van der Waals surface area contributed by atoms with E-state index in [9.17, 15) is 9.59 Å². The zero-order valence-corrected chi connectivity index (χ0v) is 14.3. The topological polar surface area (TPSA) is 104 Å². The molecular formula is C15H17N3O5S. The highest BCUT2D eigenvalue weighted by Gasteiger charge is 2.20. The largest absolute Gasteiger partial charge is 0.484 e. The van der Waals surface area contributed by atoms with E-state index in [1.807, 2.05) is 31.2 Å². The van der Waals surface area contributed by atoms with Gasteiger partial charge >= 0.3 is 6.09 Å². The van der Waals surface area contributed by atoms with Crippen LogP contribution in [-0.4, -0.2) is 34.6 Å². The van der Waals surface area contributed by atoms with Crippen LogP contribution in [0.2, 0.25) is 0 Å². The molecule has 9 heteroatoms. The van der Waals surface area contributed by atoms with Crippen LogP contribution in [0.3, 0.4) is 0 Å². The third kappa shape index (κ3) is 5.27. The second-order valence-electron chi connectivity index (χ2n) is 4.81. The van der Waals surface area contributed by atoms with Gasteiger partial charge in [-0.25, -0.2) is 4.79 Å². The van der Waals surface area contributed by atoms with Crippen molar-refractivity contribution in [3.05, 3.63) is 35.7 Å². The molecule has 2 rings (SSSR count). The van der Waals surface area contributed by atoms with Gasteiger partial charge in [0.05, 0.1) is 12.4 Å². The van der Waals surface area contributed by atoms with Crippen molar-refractivity contribution >= 4 is 23.8 Å². The molecule has 0 unspecified atom stereocenters. The van der Waals surface area contributed by atoms with E-state index >= 15 is 0 Å². The molecule has 8 nitrogen and oxygen atoms in total. The van der Waals surface area contributed by atoms with Crippen LogP contribution >= 0.6 is 11.8 Å². The third-order valence-electron chi connectivity index (χ3n) is 2.86. The lowest BCUT2D eigenvalue weighted by Crippen LogP contribution is -2.35. The zero-order valence-electron chi connectivity index (χ0n) is 13.4. The van der Waals surface area contributed by atoms with E-state index in [0.29, 0.717) is 11.6 Å². The highest BCUT2D eigenvalue weighted by Crippen LogP contribution is 2.22. The Kier molecular flexibility index (Phi) is 6.19. The van der Waals surface area contributed by atoms with Crippen LogP contribution < -0.4 is 10.1 Å². The monoisotopic (exact) mass is 351 g/mol. The Morgan fingerprint density at radius 1 is 1.38 bits per heavy atom. The van der Waals surface area contributed by atoms with E-state index in [1.165, 1.54) is 7.11 Å². The van der Waals surface area contributed by atoms with Gasteiger partial charge in [-0.05, 0) is 31.5 Å². The molecule has 0 aliphatic heterocycles. The van der Waals surface area contributed by atoms with Gasteiger partial charge in [-0.15, -0.1) is 10.2 Å². The smallest absolute Gasteiger partial charge is 0.413 e. The lowest BCUT2D eigenvalue weighted by molar-refractivity contribution is -0.119. The van der Waals surface area contributed by atoms with E-state index < -0.39 is 17.3 Å². The number of thioether (sulfide) groups is 1. The van der Waals surface area contributed by atoms with Gasteiger partial charge in [0.2, 0.25) is 5.91 Å². The quantitative estimate of drug-likeness (QED) is 0.791. The number of imide groups is 1. The number of hydrogen-bond donors (Lipinski definition) is 1. The molecule has 1 heterocycles. The molecular weight excluding hydrogens is 334 g/mol. The number of amides is 2. The normalized spacial score (nSPS) is 11.6. The van der Waals surface area contributed by atoms with Crippen molar-refractivity contribution in [1.29, 1.82) is 0 Å². The van der Waals surface area contributed by atoms with Gasteiger partial charge in [0.1, 0.15) is 5.75 Å². The first kappa shape index (κ1) is 17.8. The molecule has 1 aromatic heterocycles. The van der Waals surface area contributed by atoms with Crippen LogP contribution in [0, 0.1) is 6.92 Å². The number of aromatic nitrogens is 2. The average Bonchev–Trinajstić information content (AvgIpc) is 3.00. The Morgan fingerprint density at radius 3 is 2.88 bits per heavy atom. The maximum absolute atomic E-state index is 11.7. The van der Waals surface area contributed by atoms with Crippen LogP contribution in [0.4, 0.5) is 4.79 Å². The van der Waals surface area contributed by atoms with E-state index in [4.69, 9.17) is 9.15 Å². The summed E-state index contributed by atoms with van der Waals surface area (Å²) in [6.07, 6.45) is -0.815. The third-order valence-corrected chi connectivity index (χ3v) is 3.79. The summed E-state index contributed by atoms with van der Waals surface area (Å²) in [5.41, 5.74) is 1.08. The number of ether oxygens (including phenoxy) is 2. The molecule has 24 heavy (non-hydrogen) atoms. The van der Waals surface area contributed by atoms with Crippen molar-refractivity contribution in [2.75, 3.05) is 7.11 Å². The van der Waals surface area contributed by atoms with Crippen LogP contribution in [0.15, 0.2) is 33.9 Å². The van der Waals surface area contributed by atoms with Gasteiger partial charge in [0, 0.05) is 0 Å². The maximum atomic E-state index is 11.7. The number of carbonyl (C=O) groups is 2. The van der Waals surface area contributed by atoms with Crippen LogP contribution in [-0.2, 0) is 16.1 Å². The molecule has 0 spiro atoms. The summed E-state index contributed by atoms with van der Waals surface area (Å²) < 4.78 is 15.3. The first-order valence-corrected chi connectivity index (χ1v) is 7.93. The molecule has 128 valence electrons. The number of nitrogens with one attached hydrogen (secondary N) is 1.